The quantitative estimate of drug-likeness (QED) is 0.688. The maximum atomic E-state index is 13.3. The van der Waals surface area contributed by atoms with Crippen molar-refractivity contribution in [2.75, 3.05) is 6.61 Å². The minimum atomic E-state index is -0.561. The Kier molecular flexibility index (Phi) is 4.55. The lowest BCUT2D eigenvalue weighted by Crippen LogP contribution is -2.20. The second-order valence-corrected chi connectivity index (χ2v) is 7.30. The molecule has 8 heteroatoms. The van der Waals surface area contributed by atoms with Crippen LogP contribution in [0.1, 0.15) is 24.2 Å². The Morgan fingerprint density at radius 2 is 1.96 bits per heavy atom. The second kappa shape index (κ2) is 6.91. The zero-order valence-corrected chi connectivity index (χ0v) is 15.9. The highest BCUT2D eigenvalue weighted by molar-refractivity contribution is 6.33. The molecule has 1 heterocycles. The number of aromatic nitrogens is 3. The van der Waals surface area contributed by atoms with Crippen molar-refractivity contribution in [3.05, 3.63) is 64.7 Å². The summed E-state index contributed by atoms with van der Waals surface area (Å²) in [5.74, 6) is 1.06. The molecule has 144 valence electrons. The Balaban J connectivity index is 1.66. The van der Waals surface area contributed by atoms with Gasteiger partial charge in [-0.05, 0) is 48.7 Å². The lowest BCUT2D eigenvalue weighted by atomic mass is 9.95. The minimum Gasteiger partial charge on any atom is -0.484 e. The Morgan fingerprint density at radius 3 is 2.57 bits per heavy atom. The van der Waals surface area contributed by atoms with Crippen LogP contribution in [-0.4, -0.2) is 27.3 Å². The molecule has 0 bridgehead atoms. The number of halogens is 2. The van der Waals surface area contributed by atoms with Crippen LogP contribution in [0.25, 0.3) is 11.4 Å². The van der Waals surface area contributed by atoms with Gasteiger partial charge in [-0.15, -0.1) is 10.2 Å². The third-order valence-electron chi connectivity index (χ3n) is 5.01. The van der Waals surface area contributed by atoms with Crippen LogP contribution in [0.5, 0.6) is 5.75 Å². The van der Waals surface area contributed by atoms with E-state index in [1.807, 2.05) is 11.6 Å². The molecule has 2 N–H and O–H groups in total. The molecule has 0 atom stereocenters. The van der Waals surface area contributed by atoms with Crippen LogP contribution in [0.3, 0.4) is 0 Å². The van der Waals surface area contributed by atoms with E-state index in [2.05, 4.69) is 10.2 Å². The van der Waals surface area contributed by atoms with Crippen molar-refractivity contribution >= 4 is 17.5 Å². The van der Waals surface area contributed by atoms with Gasteiger partial charge in [0.25, 0.3) is 5.91 Å². The Labute approximate surface area is 166 Å². The van der Waals surface area contributed by atoms with E-state index in [9.17, 15) is 9.18 Å². The summed E-state index contributed by atoms with van der Waals surface area (Å²) >= 11 is 6.41. The van der Waals surface area contributed by atoms with E-state index in [0.717, 1.165) is 24.2 Å². The fourth-order valence-electron chi connectivity index (χ4n) is 3.44. The SMILES string of the molecule is Cn1c(-c2ccc(OCC(N)=O)cc2Cl)nnc1C1(c2ccc(F)cc2)CC1. The van der Waals surface area contributed by atoms with Gasteiger partial charge in [-0.3, -0.25) is 4.79 Å². The average Bonchev–Trinajstić information content (AvgIpc) is 3.38. The second-order valence-electron chi connectivity index (χ2n) is 6.89. The van der Waals surface area contributed by atoms with E-state index >= 15 is 0 Å². The number of nitrogens with two attached hydrogens (primary N) is 1. The molecule has 1 aromatic heterocycles. The van der Waals surface area contributed by atoms with Crippen molar-refractivity contribution in [2.45, 2.75) is 18.3 Å². The molecule has 0 saturated heterocycles. The molecule has 1 saturated carbocycles. The minimum absolute atomic E-state index is 0.218. The van der Waals surface area contributed by atoms with Gasteiger partial charge in [0.15, 0.2) is 12.4 Å². The van der Waals surface area contributed by atoms with Crippen LogP contribution in [0.4, 0.5) is 4.39 Å². The molecule has 1 aliphatic carbocycles. The van der Waals surface area contributed by atoms with Crippen molar-refractivity contribution in [3.8, 4) is 17.1 Å². The van der Waals surface area contributed by atoms with Gasteiger partial charge < -0.3 is 15.0 Å². The van der Waals surface area contributed by atoms with Crippen LogP contribution < -0.4 is 10.5 Å². The van der Waals surface area contributed by atoms with Gasteiger partial charge >= 0.3 is 0 Å². The van der Waals surface area contributed by atoms with Gasteiger partial charge in [-0.25, -0.2) is 4.39 Å². The molecule has 1 fully saturated rings. The number of primary amides is 1. The molecule has 3 aromatic rings. The summed E-state index contributed by atoms with van der Waals surface area (Å²) in [4.78, 5) is 10.9. The summed E-state index contributed by atoms with van der Waals surface area (Å²) in [7, 11) is 1.89. The van der Waals surface area contributed by atoms with Gasteiger partial charge in [-0.1, -0.05) is 23.7 Å². The first-order valence-corrected chi connectivity index (χ1v) is 9.15. The van der Waals surface area contributed by atoms with Gasteiger partial charge in [0, 0.05) is 12.6 Å². The zero-order valence-electron chi connectivity index (χ0n) is 15.2. The molecule has 0 aliphatic heterocycles. The van der Waals surface area contributed by atoms with Gasteiger partial charge in [0.1, 0.15) is 17.4 Å². The number of hydrogen-bond acceptors (Lipinski definition) is 4. The Hall–Kier alpha value is -2.93. The van der Waals surface area contributed by atoms with E-state index in [4.69, 9.17) is 22.1 Å². The van der Waals surface area contributed by atoms with Crippen molar-refractivity contribution in [2.24, 2.45) is 12.8 Å². The first kappa shape index (κ1) is 18.4. The molecular weight excluding hydrogens is 383 g/mol. The van der Waals surface area contributed by atoms with Crippen molar-refractivity contribution in [1.29, 1.82) is 0 Å². The number of hydrogen-bond donors (Lipinski definition) is 1. The fraction of sp³-hybridized carbons (Fsp3) is 0.250. The highest BCUT2D eigenvalue weighted by Gasteiger charge is 2.50. The molecule has 2 aromatic carbocycles. The van der Waals surface area contributed by atoms with Crippen LogP contribution in [0, 0.1) is 5.82 Å². The summed E-state index contributed by atoms with van der Waals surface area (Å²) in [6.45, 7) is -0.218. The first-order valence-electron chi connectivity index (χ1n) is 8.78. The number of carbonyl (C=O) groups excluding carboxylic acids is 1. The van der Waals surface area contributed by atoms with Crippen molar-refractivity contribution < 1.29 is 13.9 Å². The smallest absolute Gasteiger partial charge is 0.255 e. The summed E-state index contributed by atoms with van der Waals surface area (Å²) < 4.78 is 20.5. The first-order chi connectivity index (χ1) is 13.4. The average molecular weight is 401 g/mol. The number of rotatable bonds is 6. The summed E-state index contributed by atoms with van der Waals surface area (Å²) in [6, 6.07) is 11.6. The highest BCUT2D eigenvalue weighted by atomic mass is 35.5. The molecule has 0 unspecified atom stereocenters. The molecule has 6 nitrogen and oxygen atoms in total. The molecule has 0 spiro atoms. The van der Waals surface area contributed by atoms with Crippen LogP contribution in [0.15, 0.2) is 42.5 Å². The van der Waals surface area contributed by atoms with Crippen molar-refractivity contribution in [3.63, 3.8) is 0 Å². The predicted molar refractivity (Wildman–Crippen MR) is 103 cm³/mol. The Bertz CT molecular complexity index is 1040. The molecule has 4 rings (SSSR count). The summed E-state index contributed by atoms with van der Waals surface area (Å²) in [5.41, 5.74) is 6.56. The number of benzene rings is 2. The van der Waals surface area contributed by atoms with Crippen LogP contribution >= 0.6 is 11.6 Å². The van der Waals surface area contributed by atoms with Gasteiger partial charge in [0.2, 0.25) is 0 Å². The normalized spacial score (nSPS) is 14.7. The molecule has 1 aliphatic rings. The van der Waals surface area contributed by atoms with E-state index < -0.39 is 5.91 Å². The number of ether oxygens (including phenoxy) is 1. The van der Waals surface area contributed by atoms with Gasteiger partial charge in [-0.2, -0.15) is 0 Å². The van der Waals surface area contributed by atoms with E-state index in [1.54, 1.807) is 30.3 Å². The monoisotopic (exact) mass is 400 g/mol. The van der Waals surface area contributed by atoms with E-state index in [-0.39, 0.29) is 17.8 Å². The standard InChI is InChI=1S/C20H18ClFN4O2/c1-26-18(15-7-6-14(10-16(15)21)28-11-17(23)27)24-25-19(26)20(8-9-20)12-2-4-13(22)5-3-12/h2-7,10H,8-9,11H2,1H3,(H2,23,27). The Morgan fingerprint density at radius 1 is 1.25 bits per heavy atom. The predicted octanol–water partition coefficient (Wildman–Crippen LogP) is 3.22. The van der Waals surface area contributed by atoms with E-state index in [1.165, 1.54) is 12.1 Å². The lowest BCUT2D eigenvalue weighted by Gasteiger charge is -2.15. The number of carbonyl (C=O) groups is 1. The van der Waals surface area contributed by atoms with Gasteiger partial charge in [0.05, 0.1) is 10.4 Å². The summed E-state index contributed by atoms with van der Waals surface area (Å²) in [6.07, 6.45) is 1.86. The largest absolute Gasteiger partial charge is 0.484 e. The van der Waals surface area contributed by atoms with Crippen LogP contribution in [0.2, 0.25) is 5.02 Å². The van der Waals surface area contributed by atoms with Crippen molar-refractivity contribution in [1.82, 2.24) is 14.8 Å². The molecule has 0 radical (unpaired) electrons. The summed E-state index contributed by atoms with van der Waals surface area (Å²) in [5, 5.41) is 9.18. The molecular formula is C20H18ClFN4O2. The third kappa shape index (κ3) is 3.22. The number of nitrogens with zero attached hydrogens (tertiary/aromatic N) is 3. The van der Waals surface area contributed by atoms with Crippen LogP contribution in [-0.2, 0) is 17.3 Å². The maximum Gasteiger partial charge on any atom is 0.255 e. The third-order valence-corrected chi connectivity index (χ3v) is 5.32. The lowest BCUT2D eigenvalue weighted by molar-refractivity contribution is -0.119. The maximum absolute atomic E-state index is 13.3. The fourth-order valence-corrected chi connectivity index (χ4v) is 3.69. The molecule has 28 heavy (non-hydrogen) atoms. The highest BCUT2D eigenvalue weighted by Crippen LogP contribution is 2.53. The topological polar surface area (TPSA) is 83.0 Å². The number of amides is 1. The van der Waals surface area contributed by atoms with E-state index in [0.29, 0.717) is 22.2 Å². The molecule has 1 amide bonds. The zero-order chi connectivity index (χ0) is 19.9.